The van der Waals surface area contributed by atoms with Gasteiger partial charge in [-0.1, -0.05) is 13.8 Å². The predicted octanol–water partition coefficient (Wildman–Crippen LogP) is 2.50. The molecular formula is C15H23N3O. The fourth-order valence-corrected chi connectivity index (χ4v) is 2.57. The van der Waals surface area contributed by atoms with Crippen molar-refractivity contribution >= 4 is 17.3 Å². The fraction of sp³-hybridized carbons (Fsp3) is 0.533. The van der Waals surface area contributed by atoms with Crippen molar-refractivity contribution < 1.29 is 4.79 Å². The first-order chi connectivity index (χ1) is 8.89. The second kappa shape index (κ2) is 5.11. The summed E-state index contributed by atoms with van der Waals surface area (Å²) in [5, 5.41) is 0. The topological polar surface area (TPSA) is 72.3 Å². The summed E-state index contributed by atoms with van der Waals surface area (Å²) in [6.07, 6.45) is 3.25. The Morgan fingerprint density at radius 2 is 1.95 bits per heavy atom. The average Bonchev–Trinajstić information content (AvgIpc) is 2.49. The van der Waals surface area contributed by atoms with Gasteiger partial charge in [0.05, 0.1) is 5.56 Å². The highest BCUT2D eigenvalue weighted by atomic mass is 16.2. The van der Waals surface area contributed by atoms with Gasteiger partial charge in [-0.15, -0.1) is 0 Å². The Morgan fingerprint density at radius 1 is 1.21 bits per heavy atom. The molecule has 1 fully saturated rings. The van der Waals surface area contributed by atoms with E-state index in [0.29, 0.717) is 22.4 Å². The summed E-state index contributed by atoms with van der Waals surface area (Å²) in [4.78, 5) is 14.4. The van der Waals surface area contributed by atoms with E-state index in [0.717, 1.165) is 32.4 Å². The van der Waals surface area contributed by atoms with Crippen LogP contribution < -0.4 is 11.5 Å². The highest BCUT2D eigenvalue weighted by Crippen LogP contribution is 2.30. The number of carbonyl (C=O) groups is 1. The molecule has 19 heavy (non-hydrogen) atoms. The maximum Gasteiger partial charge on any atom is 0.255 e. The number of nitrogens with zero attached hydrogens (tertiary/aromatic N) is 1. The van der Waals surface area contributed by atoms with Crippen molar-refractivity contribution in [3.05, 3.63) is 23.8 Å². The van der Waals surface area contributed by atoms with Crippen LogP contribution in [0.25, 0.3) is 0 Å². The number of benzene rings is 1. The van der Waals surface area contributed by atoms with E-state index in [1.54, 1.807) is 18.2 Å². The normalized spacial score (nSPS) is 18.9. The molecule has 4 N–H and O–H groups in total. The molecule has 1 heterocycles. The Bertz CT molecular complexity index is 482. The Kier molecular flexibility index (Phi) is 3.69. The van der Waals surface area contributed by atoms with Gasteiger partial charge in [0, 0.05) is 24.5 Å². The summed E-state index contributed by atoms with van der Waals surface area (Å²) >= 11 is 0. The zero-order valence-electron chi connectivity index (χ0n) is 11.8. The molecular weight excluding hydrogens is 238 g/mol. The van der Waals surface area contributed by atoms with E-state index in [1.807, 2.05) is 4.90 Å². The van der Waals surface area contributed by atoms with Gasteiger partial charge in [-0.2, -0.15) is 0 Å². The van der Waals surface area contributed by atoms with Gasteiger partial charge in [-0.25, -0.2) is 0 Å². The quantitative estimate of drug-likeness (QED) is 0.763. The van der Waals surface area contributed by atoms with E-state index in [2.05, 4.69) is 13.8 Å². The lowest BCUT2D eigenvalue weighted by Gasteiger charge is -2.24. The molecule has 1 saturated heterocycles. The first-order valence-corrected chi connectivity index (χ1v) is 6.83. The molecule has 0 spiro atoms. The molecule has 1 aliphatic heterocycles. The standard InChI is InChI=1S/C15H23N3O/c1-15(2)6-3-8-18(9-7-15)14(19)12-5-4-11(16)10-13(12)17/h4-5,10H,3,6-9,16-17H2,1-2H3. The summed E-state index contributed by atoms with van der Waals surface area (Å²) in [5.41, 5.74) is 13.5. The number of amides is 1. The van der Waals surface area contributed by atoms with Crippen LogP contribution in [0.3, 0.4) is 0 Å². The van der Waals surface area contributed by atoms with Crippen molar-refractivity contribution in [1.82, 2.24) is 4.90 Å². The molecule has 0 radical (unpaired) electrons. The molecule has 0 saturated carbocycles. The van der Waals surface area contributed by atoms with E-state index < -0.39 is 0 Å². The number of rotatable bonds is 1. The monoisotopic (exact) mass is 261 g/mol. The molecule has 1 amide bonds. The van der Waals surface area contributed by atoms with Gasteiger partial charge in [-0.3, -0.25) is 4.79 Å². The molecule has 0 atom stereocenters. The Labute approximate surface area is 114 Å². The number of hydrogen-bond donors (Lipinski definition) is 2. The maximum absolute atomic E-state index is 12.5. The Morgan fingerprint density at radius 3 is 2.63 bits per heavy atom. The van der Waals surface area contributed by atoms with Gasteiger partial charge < -0.3 is 16.4 Å². The SMILES string of the molecule is CC1(C)CCCN(C(=O)c2ccc(N)cc2N)CC1. The molecule has 4 heteroatoms. The van der Waals surface area contributed by atoms with Gasteiger partial charge in [0.25, 0.3) is 5.91 Å². The van der Waals surface area contributed by atoms with Crippen LogP contribution in [-0.2, 0) is 0 Å². The van der Waals surface area contributed by atoms with Crippen LogP contribution in [0, 0.1) is 5.41 Å². The molecule has 1 aromatic carbocycles. The second-order valence-corrected chi connectivity index (χ2v) is 6.16. The van der Waals surface area contributed by atoms with Crippen LogP contribution in [0.2, 0.25) is 0 Å². The third-order valence-corrected chi connectivity index (χ3v) is 3.93. The Balaban J connectivity index is 2.15. The van der Waals surface area contributed by atoms with E-state index in [-0.39, 0.29) is 5.91 Å². The zero-order valence-corrected chi connectivity index (χ0v) is 11.8. The van der Waals surface area contributed by atoms with Crippen molar-refractivity contribution in [3.8, 4) is 0 Å². The smallest absolute Gasteiger partial charge is 0.255 e. The van der Waals surface area contributed by atoms with Crippen LogP contribution >= 0.6 is 0 Å². The second-order valence-electron chi connectivity index (χ2n) is 6.16. The first kappa shape index (κ1) is 13.7. The van der Waals surface area contributed by atoms with Gasteiger partial charge >= 0.3 is 0 Å². The van der Waals surface area contributed by atoms with Crippen LogP contribution in [0.4, 0.5) is 11.4 Å². The lowest BCUT2D eigenvalue weighted by atomic mass is 9.85. The van der Waals surface area contributed by atoms with Crippen molar-refractivity contribution in [2.45, 2.75) is 33.1 Å². The minimum absolute atomic E-state index is 0.0233. The highest BCUT2D eigenvalue weighted by Gasteiger charge is 2.26. The van der Waals surface area contributed by atoms with E-state index in [1.165, 1.54) is 0 Å². The van der Waals surface area contributed by atoms with Gasteiger partial charge in [0.15, 0.2) is 0 Å². The minimum Gasteiger partial charge on any atom is -0.399 e. The number of nitrogen functional groups attached to an aromatic ring is 2. The zero-order chi connectivity index (χ0) is 14.0. The summed E-state index contributed by atoms with van der Waals surface area (Å²) in [7, 11) is 0. The summed E-state index contributed by atoms with van der Waals surface area (Å²) in [6, 6.07) is 5.10. The largest absolute Gasteiger partial charge is 0.399 e. The molecule has 0 aromatic heterocycles. The molecule has 0 bridgehead atoms. The minimum atomic E-state index is 0.0233. The molecule has 104 valence electrons. The number of nitrogens with two attached hydrogens (primary N) is 2. The third-order valence-electron chi connectivity index (χ3n) is 3.93. The molecule has 1 aromatic rings. The van der Waals surface area contributed by atoms with Crippen molar-refractivity contribution in [2.24, 2.45) is 5.41 Å². The Hall–Kier alpha value is -1.71. The lowest BCUT2D eigenvalue weighted by molar-refractivity contribution is 0.0758. The van der Waals surface area contributed by atoms with Gasteiger partial charge in [0.1, 0.15) is 0 Å². The molecule has 2 rings (SSSR count). The van der Waals surface area contributed by atoms with E-state index in [9.17, 15) is 4.79 Å². The lowest BCUT2D eigenvalue weighted by Crippen LogP contribution is -2.32. The number of likely N-dealkylation sites (tertiary alicyclic amines) is 1. The third kappa shape index (κ3) is 3.19. The van der Waals surface area contributed by atoms with Crippen molar-refractivity contribution in [1.29, 1.82) is 0 Å². The van der Waals surface area contributed by atoms with Crippen LogP contribution in [-0.4, -0.2) is 23.9 Å². The van der Waals surface area contributed by atoms with Crippen molar-refractivity contribution in [3.63, 3.8) is 0 Å². The molecule has 0 aliphatic carbocycles. The molecule has 1 aliphatic rings. The van der Waals surface area contributed by atoms with Crippen LogP contribution in [0.1, 0.15) is 43.5 Å². The molecule has 0 unspecified atom stereocenters. The summed E-state index contributed by atoms with van der Waals surface area (Å²) in [6.45, 7) is 6.14. The highest BCUT2D eigenvalue weighted by molar-refractivity contribution is 5.99. The van der Waals surface area contributed by atoms with E-state index >= 15 is 0 Å². The fourth-order valence-electron chi connectivity index (χ4n) is 2.57. The average molecular weight is 261 g/mol. The van der Waals surface area contributed by atoms with E-state index in [4.69, 9.17) is 11.5 Å². The van der Waals surface area contributed by atoms with Crippen molar-refractivity contribution in [2.75, 3.05) is 24.6 Å². The number of carbonyl (C=O) groups excluding carboxylic acids is 1. The summed E-state index contributed by atoms with van der Waals surface area (Å²) in [5.74, 6) is 0.0233. The number of hydrogen-bond acceptors (Lipinski definition) is 3. The predicted molar refractivity (Wildman–Crippen MR) is 78.8 cm³/mol. The number of anilines is 2. The maximum atomic E-state index is 12.5. The van der Waals surface area contributed by atoms with Crippen LogP contribution in [0.15, 0.2) is 18.2 Å². The molecule has 4 nitrogen and oxygen atoms in total. The van der Waals surface area contributed by atoms with Gasteiger partial charge in [-0.05, 0) is 42.9 Å². The van der Waals surface area contributed by atoms with Crippen LogP contribution in [0.5, 0.6) is 0 Å². The summed E-state index contributed by atoms with van der Waals surface area (Å²) < 4.78 is 0. The van der Waals surface area contributed by atoms with Gasteiger partial charge in [0.2, 0.25) is 0 Å². The first-order valence-electron chi connectivity index (χ1n) is 6.83.